The Hall–Kier alpha value is -4.92. The van der Waals surface area contributed by atoms with E-state index in [0.717, 1.165) is 16.8 Å². The van der Waals surface area contributed by atoms with Crippen LogP contribution in [0.3, 0.4) is 0 Å². The Labute approximate surface area is 232 Å². The molecular weight excluding hydrogens is 508 g/mol. The molecule has 4 rings (SSSR count). The van der Waals surface area contributed by atoms with E-state index < -0.39 is 24.2 Å². The molecule has 2 atom stereocenters. The third-order valence-corrected chi connectivity index (χ3v) is 6.62. The van der Waals surface area contributed by atoms with Gasteiger partial charge in [-0.1, -0.05) is 72.8 Å². The molecule has 1 heterocycles. The molecule has 0 radical (unpaired) electrons. The zero-order chi connectivity index (χ0) is 28.6. The Bertz CT molecular complexity index is 1470. The largest absolute Gasteiger partial charge is 0.481 e. The van der Waals surface area contributed by atoms with Crippen molar-refractivity contribution in [3.05, 3.63) is 107 Å². The van der Waals surface area contributed by atoms with Crippen LogP contribution in [-0.2, 0) is 23.0 Å². The number of nitrogens with one attached hydrogen (secondary N) is 2. The van der Waals surface area contributed by atoms with Crippen molar-refractivity contribution in [2.24, 2.45) is 7.05 Å². The van der Waals surface area contributed by atoms with Gasteiger partial charge in [-0.2, -0.15) is 5.10 Å². The maximum absolute atomic E-state index is 13.0. The highest BCUT2D eigenvalue weighted by Gasteiger charge is 2.21. The van der Waals surface area contributed by atoms with E-state index in [0.29, 0.717) is 28.9 Å². The summed E-state index contributed by atoms with van der Waals surface area (Å²) >= 11 is 0. The van der Waals surface area contributed by atoms with Gasteiger partial charge in [0, 0.05) is 24.2 Å². The summed E-state index contributed by atoms with van der Waals surface area (Å²) in [6.45, 7) is 3.64. The van der Waals surface area contributed by atoms with Gasteiger partial charge in [0.2, 0.25) is 0 Å². The van der Waals surface area contributed by atoms with Gasteiger partial charge < -0.3 is 15.2 Å². The molecule has 3 aromatic carbocycles. The molecule has 0 saturated carbocycles. The third-order valence-electron chi connectivity index (χ3n) is 6.62. The van der Waals surface area contributed by atoms with E-state index >= 15 is 0 Å². The molecule has 0 bridgehead atoms. The van der Waals surface area contributed by atoms with Gasteiger partial charge in [-0.15, -0.1) is 0 Å². The molecule has 2 unspecified atom stereocenters. The molecule has 1 aromatic heterocycles. The van der Waals surface area contributed by atoms with Crippen LogP contribution in [0.25, 0.3) is 11.3 Å². The Morgan fingerprint density at radius 3 is 2.20 bits per heavy atom. The highest BCUT2D eigenvalue weighted by atomic mass is 16.6. The highest BCUT2D eigenvalue weighted by molar-refractivity contribution is 5.96. The number of rotatable bonds is 10. The molecular formula is C31H32N4O5. The first-order valence-corrected chi connectivity index (χ1v) is 12.9. The van der Waals surface area contributed by atoms with Crippen molar-refractivity contribution >= 4 is 23.7 Å². The normalized spacial score (nSPS) is 12.3. The van der Waals surface area contributed by atoms with Gasteiger partial charge in [0.25, 0.3) is 5.91 Å². The predicted octanol–water partition coefficient (Wildman–Crippen LogP) is 5.52. The molecule has 0 aliphatic heterocycles. The predicted molar refractivity (Wildman–Crippen MR) is 152 cm³/mol. The molecule has 0 aliphatic carbocycles. The van der Waals surface area contributed by atoms with Crippen molar-refractivity contribution in [3.8, 4) is 11.3 Å². The SMILES string of the molecule is Cc1c(NC(=O)OC(C)c2ccccc2)c(-c2ccc(C(=O)NC(CC(=O)O)Cc3ccccc3)cc2)nn1C. The number of hydrogen-bond donors (Lipinski definition) is 3. The molecule has 9 heteroatoms. The summed E-state index contributed by atoms with van der Waals surface area (Å²) in [6.07, 6.45) is -0.836. The van der Waals surface area contributed by atoms with Crippen LogP contribution in [-0.4, -0.2) is 38.9 Å². The number of aromatic nitrogens is 2. The monoisotopic (exact) mass is 540 g/mol. The minimum Gasteiger partial charge on any atom is -0.481 e. The van der Waals surface area contributed by atoms with Gasteiger partial charge in [0.15, 0.2) is 0 Å². The summed E-state index contributed by atoms with van der Waals surface area (Å²) in [5, 5.41) is 19.5. The lowest BCUT2D eigenvalue weighted by molar-refractivity contribution is -0.137. The lowest BCUT2D eigenvalue weighted by Crippen LogP contribution is -2.38. The van der Waals surface area contributed by atoms with Crippen molar-refractivity contribution < 1.29 is 24.2 Å². The van der Waals surface area contributed by atoms with E-state index in [4.69, 9.17) is 4.74 Å². The number of benzene rings is 3. The summed E-state index contributed by atoms with van der Waals surface area (Å²) in [4.78, 5) is 37.1. The van der Waals surface area contributed by atoms with Crippen molar-refractivity contribution in [3.63, 3.8) is 0 Å². The van der Waals surface area contributed by atoms with Gasteiger partial charge in [-0.3, -0.25) is 19.6 Å². The summed E-state index contributed by atoms with van der Waals surface area (Å²) in [7, 11) is 1.78. The van der Waals surface area contributed by atoms with Crippen molar-refractivity contribution in [1.29, 1.82) is 0 Å². The lowest BCUT2D eigenvalue weighted by atomic mass is 10.0. The maximum Gasteiger partial charge on any atom is 0.412 e. The third kappa shape index (κ3) is 7.13. The average Bonchev–Trinajstić information content (AvgIpc) is 3.22. The summed E-state index contributed by atoms with van der Waals surface area (Å²) < 4.78 is 7.23. The van der Waals surface area contributed by atoms with Crippen molar-refractivity contribution in [2.45, 2.75) is 38.8 Å². The highest BCUT2D eigenvalue weighted by Crippen LogP contribution is 2.30. The number of anilines is 1. The number of amides is 2. The smallest absolute Gasteiger partial charge is 0.412 e. The van der Waals surface area contributed by atoms with Crippen LogP contribution in [0.2, 0.25) is 0 Å². The first-order valence-electron chi connectivity index (χ1n) is 12.9. The standard InChI is InChI=1S/C31H32N4O5/c1-20-28(33-31(39)40-21(2)23-12-8-5-9-13-23)29(34-35(20)3)24-14-16-25(17-15-24)30(38)32-26(19-27(36)37)18-22-10-6-4-7-11-22/h4-17,21,26H,18-19H2,1-3H3,(H,32,38)(H,33,39)(H,36,37). The van der Waals surface area contributed by atoms with E-state index in [1.165, 1.54) is 0 Å². The number of carbonyl (C=O) groups is 3. The van der Waals surface area contributed by atoms with Gasteiger partial charge in [-0.05, 0) is 43.5 Å². The minimum absolute atomic E-state index is 0.194. The second-order valence-electron chi connectivity index (χ2n) is 9.55. The maximum atomic E-state index is 13.0. The Balaban J connectivity index is 1.47. The Kier molecular flexibility index (Phi) is 8.96. The van der Waals surface area contributed by atoms with Crippen LogP contribution in [0.5, 0.6) is 0 Å². The fraction of sp³-hybridized carbons (Fsp3) is 0.226. The zero-order valence-electron chi connectivity index (χ0n) is 22.6. The number of ether oxygens (including phenoxy) is 1. The average molecular weight is 541 g/mol. The van der Waals surface area contributed by atoms with Crippen LogP contribution in [0.4, 0.5) is 10.5 Å². The number of hydrogen-bond acceptors (Lipinski definition) is 5. The van der Waals surface area contributed by atoms with Crippen LogP contribution < -0.4 is 10.6 Å². The molecule has 0 spiro atoms. The van der Waals surface area contributed by atoms with E-state index in [-0.39, 0.29) is 12.3 Å². The first-order chi connectivity index (χ1) is 19.2. The quantitative estimate of drug-likeness (QED) is 0.243. The second kappa shape index (κ2) is 12.8. The Morgan fingerprint density at radius 1 is 0.950 bits per heavy atom. The molecule has 9 nitrogen and oxygen atoms in total. The fourth-order valence-corrected chi connectivity index (χ4v) is 4.38. The van der Waals surface area contributed by atoms with E-state index in [2.05, 4.69) is 15.7 Å². The van der Waals surface area contributed by atoms with E-state index in [1.54, 1.807) is 42.9 Å². The Morgan fingerprint density at radius 2 is 1.57 bits per heavy atom. The van der Waals surface area contributed by atoms with Crippen molar-refractivity contribution in [1.82, 2.24) is 15.1 Å². The summed E-state index contributed by atoms with van der Waals surface area (Å²) in [5.74, 6) is -1.36. The van der Waals surface area contributed by atoms with E-state index in [1.807, 2.05) is 67.6 Å². The van der Waals surface area contributed by atoms with E-state index in [9.17, 15) is 19.5 Å². The molecule has 0 fully saturated rings. The zero-order valence-corrected chi connectivity index (χ0v) is 22.6. The topological polar surface area (TPSA) is 123 Å². The minimum atomic E-state index is -0.987. The molecule has 2 amide bonds. The van der Waals surface area contributed by atoms with Gasteiger partial charge >= 0.3 is 12.1 Å². The molecule has 0 aliphatic rings. The molecule has 40 heavy (non-hydrogen) atoms. The molecule has 206 valence electrons. The van der Waals surface area contributed by atoms with Crippen molar-refractivity contribution in [2.75, 3.05) is 5.32 Å². The van der Waals surface area contributed by atoms with Gasteiger partial charge in [-0.25, -0.2) is 4.79 Å². The number of nitrogens with zero attached hydrogens (tertiary/aromatic N) is 2. The fourth-order valence-electron chi connectivity index (χ4n) is 4.38. The number of aryl methyl sites for hydroxylation is 1. The number of aliphatic carboxylic acids is 1. The summed E-state index contributed by atoms with van der Waals surface area (Å²) in [6, 6.07) is 25.1. The number of carboxylic acid groups (broad SMARTS) is 1. The van der Waals surface area contributed by atoms with Crippen LogP contribution in [0.15, 0.2) is 84.9 Å². The molecule has 0 saturated heterocycles. The van der Waals surface area contributed by atoms with Crippen LogP contribution in [0, 0.1) is 6.92 Å². The lowest BCUT2D eigenvalue weighted by Gasteiger charge is -2.17. The number of carbonyl (C=O) groups excluding carboxylic acids is 2. The van der Waals surface area contributed by atoms with Crippen LogP contribution >= 0.6 is 0 Å². The van der Waals surface area contributed by atoms with Crippen LogP contribution in [0.1, 0.15) is 46.6 Å². The second-order valence-corrected chi connectivity index (χ2v) is 9.55. The first kappa shape index (κ1) is 28.1. The number of carboxylic acids is 1. The van der Waals surface area contributed by atoms with Gasteiger partial charge in [0.1, 0.15) is 11.8 Å². The van der Waals surface area contributed by atoms with Gasteiger partial charge in [0.05, 0.1) is 17.8 Å². The molecule has 3 N–H and O–H groups in total. The summed E-state index contributed by atoms with van der Waals surface area (Å²) in [5.41, 5.74) is 4.66. The molecule has 4 aromatic rings.